The van der Waals surface area contributed by atoms with Crippen LogP contribution in [0.15, 0.2) is 21.2 Å². The molecule has 0 aromatic heterocycles. The Kier molecular flexibility index (Phi) is 6.74. The van der Waals surface area contributed by atoms with E-state index in [1.165, 1.54) is 11.8 Å². The van der Waals surface area contributed by atoms with Gasteiger partial charge in [0.25, 0.3) is 0 Å². The fraction of sp³-hybridized carbons (Fsp3) is 0.333. The summed E-state index contributed by atoms with van der Waals surface area (Å²) in [4.78, 5) is 7.61. The Morgan fingerprint density at radius 1 is 1.80 bits per heavy atom. The fourth-order valence-corrected chi connectivity index (χ4v) is 1.24. The van der Waals surface area contributed by atoms with E-state index in [2.05, 4.69) is 29.3 Å². The second-order valence-corrected chi connectivity index (χ2v) is 3.05. The third-order valence-electron chi connectivity index (χ3n) is 0.670. The first-order valence-corrected chi connectivity index (χ1v) is 4.35. The minimum atomic E-state index is 0.707. The summed E-state index contributed by atoms with van der Waals surface area (Å²) in [6.07, 6.45) is 3.33. The highest BCUT2D eigenvalue weighted by atomic mass is 32.2. The van der Waals surface area contributed by atoms with Gasteiger partial charge in [-0.3, -0.25) is 9.98 Å². The first-order valence-electron chi connectivity index (χ1n) is 2.73. The molecule has 0 N–H and O–H groups in total. The van der Waals surface area contributed by atoms with E-state index in [0.29, 0.717) is 5.08 Å². The predicted molar refractivity (Wildman–Crippen MR) is 53.2 cm³/mol. The van der Waals surface area contributed by atoms with Gasteiger partial charge < -0.3 is 0 Å². The van der Waals surface area contributed by atoms with Gasteiger partial charge in [-0.2, -0.15) is 12.6 Å². The van der Waals surface area contributed by atoms with Crippen molar-refractivity contribution in [2.45, 2.75) is 6.92 Å². The highest BCUT2D eigenvalue weighted by Crippen LogP contribution is 2.17. The minimum absolute atomic E-state index is 0.707. The molecule has 0 aliphatic heterocycles. The monoisotopic (exact) mass is 174 g/mol. The van der Waals surface area contributed by atoms with Crippen LogP contribution in [0.4, 0.5) is 0 Å². The van der Waals surface area contributed by atoms with Crippen molar-refractivity contribution < 1.29 is 0 Å². The summed E-state index contributed by atoms with van der Waals surface area (Å²) in [5, 5.41) is 1.55. The first kappa shape index (κ1) is 9.78. The summed E-state index contributed by atoms with van der Waals surface area (Å²) in [6, 6.07) is 0. The minimum Gasteiger partial charge on any atom is -0.270 e. The second kappa shape index (κ2) is 6.89. The van der Waals surface area contributed by atoms with Crippen LogP contribution in [0.5, 0.6) is 0 Å². The molecule has 0 fully saturated rings. The lowest BCUT2D eigenvalue weighted by atomic mass is 10.8. The number of hydrogen-bond acceptors (Lipinski definition) is 4. The van der Waals surface area contributed by atoms with Gasteiger partial charge in [0.2, 0.25) is 0 Å². The average molecular weight is 174 g/mol. The van der Waals surface area contributed by atoms with Crippen molar-refractivity contribution in [3.63, 3.8) is 0 Å². The van der Waals surface area contributed by atoms with Crippen LogP contribution in [0, 0.1) is 0 Å². The van der Waals surface area contributed by atoms with E-state index in [9.17, 15) is 0 Å². The lowest BCUT2D eigenvalue weighted by Gasteiger charge is -1.93. The van der Waals surface area contributed by atoms with Crippen LogP contribution in [0.2, 0.25) is 0 Å². The van der Waals surface area contributed by atoms with Crippen LogP contribution < -0.4 is 0 Å². The van der Waals surface area contributed by atoms with E-state index in [-0.39, 0.29) is 0 Å². The van der Waals surface area contributed by atoms with Crippen molar-refractivity contribution in [3.05, 3.63) is 11.2 Å². The van der Waals surface area contributed by atoms with Crippen molar-refractivity contribution >= 4 is 37.3 Å². The third-order valence-corrected chi connectivity index (χ3v) is 1.69. The van der Waals surface area contributed by atoms with Crippen LogP contribution in [-0.2, 0) is 0 Å². The molecular formula is C6H10N2S2. The zero-order valence-corrected chi connectivity index (χ0v) is 7.53. The van der Waals surface area contributed by atoms with Crippen LogP contribution in [-0.4, -0.2) is 18.0 Å². The summed E-state index contributed by atoms with van der Waals surface area (Å²) in [6.45, 7) is 5.18. The van der Waals surface area contributed by atoms with Crippen LogP contribution in [0.3, 0.4) is 0 Å². The summed E-state index contributed by atoms with van der Waals surface area (Å²) < 4.78 is 0. The molecule has 56 valence electrons. The van der Waals surface area contributed by atoms with Crippen LogP contribution in [0.25, 0.3) is 0 Å². The van der Waals surface area contributed by atoms with E-state index in [0.717, 1.165) is 5.03 Å². The lowest BCUT2D eigenvalue weighted by Crippen LogP contribution is -1.71. The molecule has 0 aromatic carbocycles. The quantitative estimate of drug-likeness (QED) is 0.394. The Morgan fingerprint density at radius 2 is 2.50 bits per heavy atom. The molecular weight excluding hydrogens is 164 g/mol. The summed E-state index contributed by atoms with van der Waals surface area (Å²) in [7, 11) is 0. The highest BCUT2D eigenvalue weighted by Gasteiger charge is 1.88. The molecule has 0 aliphatic carbocycles. The van der Waals surface area contributed by atoms with Gasteiger partial charge in [-0.25, -0.2) is 0 Å². The fourth-order valence-electron chi connectivity index (χ4n) is 0.379. The molecule has 0 aliphatic rings. The molecule has 0 bridgehead atoms. The summed E-state index contributed by atoms with van der Waals surface area (Å²) in [5.41, 5.74) is 0. The standard InChI is InChI=1S/C6H10N2S2/c1-3-8-6(4-7-2)10-5-9/h3-4,9H,2,5H2,1H3/b6-4+,8-3-. The lowest BCUT2D eigenvalue weighted by molar-refractivity contribution is 1.46. The highest BCUT2D eigenvalue weighted by molar-refractivity contribution is 8.11. The summed E-state index contributed by atoms with van der Waals surface area (Å²) >= 11 is 5.55. The van der Waals surface area contributed by atoms with Crippen molar-refractivity contribution in [1.29, 1.82) is 0 Å². The molecule has 0 saturated heterocycles. The molecule has 0 aromatic rings. The molecule has 2 nitrogen and oxygen atoms in total. The Labute approximate surface area is 70.9 Å². The Bertz CT molecular complexity index is 152. The van der Waals surface area contributed by atoms with E-state index in [4.69, 9.17) is 0 Å². The smallest absolute Gasteiger partial charge is 0.115 e. The van der Waals surface area contributed by atoms with Gasteiger partial charge in [0, 0.05) is 11.3 Å². The van der Waals surface area contributed by atoms with Crippen LogP contribution in [0.1, 0.15) is 6.92 Å². The first-order chi connectivity index (χ1) is 4.85. The molecule has 0 amide bonds. The zero-order valence-electron chi connectivity index (χ0n) is 5.82. The normalized spacial score (nSPS) is 12.4. The van der Waals surface area contributed by atoms with Gasteiger partial charge in [0.1, 0.15) is 5.03 Å². The molecule has 0 heterocycles. The molecule has 0 spiro atoms. The molecule has 4 heteroatoms. The van der Waals surface area contributed by atoms with E-state index in [1.54, 1.807) is 12.4 Å². The molecule has 0 radical (unpaired) electrons. The van der Waals surface area contributed by atoms with Gasteiger partial charge in [-0.15, -0.1) is 0 Å². The Balaban J connectivity index is 3.96. The van der Waals surface area contributed by atoms with E-state index < -0.39 is 0 Å². The SMILES string of the molecule is C=N/C=C(\N=C/C)SCS. The molecule has 0 unspecified atom stereocenters. The third kappa shape index (κ3) is 4.64. The number of thioether (sulfide) groups is 1. The van der Waals surface area contributed by atoms with E-state index >= 15 is 0 Å². The van der Waals surface area contributed by atoms with E-state index in [1.807, 2.05) is 6.92 Å². The van der Waals surface area contributed by atoms with Gasteiger partial charge >= 0.3 is 0 Å². The Hall–Kier alpha value is -0.220. The molecule has 10 heavy (non-hydrogen) atoms. The predicted octanol–water partition coefficient (Wildman–Crippen LogP) is 2.20. The van der Waals surface area contributed by atoms with Gasteiger partial charge in [-0.1, -0.05) is 11.8 Å². The number of aliphatic imine (C=N–C) groups is 2. The maximum atomic E-state index is 4.03. The zero-order chi connectivity index (χ0) is 7.82. The van der Waals surface area contributed by atoms with Crippen molar-refractivity contribution in [3.8, 4) is 0 Å². The molecule has 0 rings (SSSR count). The van der Waals surface area contributed by atoms with Crippen molar-refractivity contribution in [2.24, 2.45) is 9.98 Å². The summed E-state index contributed by atoms with van der Waals surface area (Å²) in [5.74, 6) is 0. The van der Waals surface area contributed by atoms with Crippen LogP contribution >= 0.6 is 24.4 Å². The van der Waals surface area contributed by atoms with Crippen molar-refractivity contribution in [2.75, 3.05) is 5.08 Å². The van der Waals surface area contributed by atoms with Gasteiger partial charge in [-0.05, 0) is 13.6 Å². The Morgan fingerprint density at radius 3 is 2.90 bits per heavy atom. The number of thiol groups is 1. The largest absolute Gasteiger partial charge is 0.270 e. The molecule has 0 saturated carbocycles. The number of nitrogens with zero attached hydrogens (tertiary/aromatic N) is 2. The average Bonchev–Trinajstić information content (AvgIpc) is 1.90. The molecule has 0 atom stereocenters. The van der Waals surface area contributed by atoms with Crippen molar-refractivity contribution in [1.82, 2.24) is 0 Å². The van der Waals surface area contributed by atoms with Gasteiger partial charge in [0.15, 0.2) is 0 Å². The second-order valence-electron chi connectivity index (χ2n) is 1.31. The number of rotatable bonds is 4. The maximum absolute atomic E-state index is 4.03. The van der Waals surface area contributed by atoms with Gasteiger partial charge in [0.05, 0.1) is 6.20 Å². The number of hydrogen-bond donors (Lipinski definition) is 1. The topological polar surface area (TPSA) is 24.7 Å². The maximum Gasteiger partial charge on any atom is 0.115 e.